The van der Waals surface area contributed by atoms with E-state index in [9.17, 15) is 0 Å². The number of rotatable bonds is 4. The largest absolute Gasteiger partial charge is 0.368 e. The average molecular weight is 356 g/mol. The molecule has 0 bridgehead atoms. The Kier molecular flexibility index (Phi) is 4.63. The van der Waals surface area contributed by atoms with Gasteiger partial charge in [0.1, 0.15) is 0 Å². The lowest BCUT2D eigenvalue weighted by Gasteiger charge is -2.35. The summed E-state index contributed by atoms with van der Waals surface area (Å²) in [7, 11) is 0. The summed E-state index contributed by atoms with van der Waals surface area (Å²) in [6.07, 6.45) is 3.46. The minimum Gasteiger partial charge on any atom is -0.368 e. The van der Waals surface area contributed by atoms with Crippen LogP contribution in [-0.2, 0) is 6.54 Å². The zero-order valence-corrected chi connectivity index (χ0v) is 14.4. The molecular formula is C18H18ClN5O. The standard InChI is InChI=1S/C18H18ClN5O/c19-15-5-1-2-6-16(15)24-10-8-23(9-11-24)13-17-21-18(22-25-17)14-4-3-7-20-12-14/h1-7,12H,8-11,13H2. The molecule has 0 atom stereocenters. The molecule has 3 aromatic rings. The van der Waals surface area contributed by atoms with E-state index in [0.29, 0.717) is 18.3 Å². The number of anilines is 1. The van der Waals surface area contributed by atoms with E-state index in [0.717, 1.165) is 42.5 Å². The topological polar surface area (TPSA) is 58.3 Å². The van der Waals surface area contributed by atoms with Gasteiger partial charge < -0.3 is 9.42 Å². The molecule has 1 aliphatic rings. The fourth-order valence-corrected chi connectivity index (χ4v) is 3.23. The second-order valence-corrected chi connectivity index (χ2v) is 6.38. The number of pyridine rings is 1. The van der Waals surface area contributed by atoms with Gasteiger partial charge >= 0.3 is 0 Å². The Labute approximate surface area is 151 Å². The number of hydrogen-bond donors (Lipinski definition) is 0. The van der Waals surface area contributed by atoms with E-state index in [1.54, 1.807) is 12.4 Å². The Balaban J connectivity index is 1.36. The second-order valence-electron chi connectivity index (χ2n) is 5.97. The van der Waals surface area contributed by atoms with E-state index in [4.69, 9.17) is 16.1 Å². The van der Waals surface area contributed by atoms with E-state index in [1.807, 2.05) is 30.3 Å². The summed E-state index contributed by atoms with van der Waals surface area (Å²) in [5, 5.41) is 4.85. The highest BCUT2D eigenvalue weighted by Crippen LogP contribution is 2.26. The summed E-state index contributed by atoms with van der Waals surface area (Å²) < 4.78 is 5.39. The molecule has 3 heterocycles. The molecule has 25 heavy (non-hydrogen) atoms. The van der Waals surface area contributed by atoms with Gasteiger partial charge in [-0.1, -0.05) is 28.9 Å². The quantitative estimate of drug-likeness (QED) is 0.716. The molecule has 2 aromatic heterocycles. The number of aromatic nitrogens is 3. The molecule has 4 rings (SSSR count). The highest BCUT2D eigenvalue weighted by molar-refractivity contribution is 6.33. The number of nitrogens with zero attached hydrogens (tertiary/aromatic N) is 5. The molecule has 1 saturated heterocycles. The van der Waals surface area contributed by atoms with Crippen LogP contribution in [0.1, 0.15) is 5.89 Å². The third-order valence-corrected chi connectivity index (χ3v) is 4.63. The van der Waals surface area contributed by atoms with Crippen LogP contribution in [0.4, 0.5) is 5.69 Å². The minimum atomic E-state index is 0.581. The first kappa shape index (κ1) is 16.1. The molecule has 6 nitrogen and oxygen atoms in total. The third-order valence-electron chi connectivity index (χ3n) is 4.31. The van der Waals surface area contributed by atoms with Crippen molar-refractivity contribution in [3.05, 3.63) is 59.7 Å². The third kappa shape index (κ3) is 3.65. The van der Waals surface area contributed by atoms with E-state index < -0.39 is 0 Å². The van der Waals surface area contributed by atoms with Gasteiger partial charge in [0.2, 0.25) is 11.7 Å². The van der Waals surface area contributed by atoms with Gasteiger partial charge in [-0.25, -0.2) is 0 Å². The second kappa shape index (κ2) is 7.21. The smallest absolute Gasteiger partial charge is 0.241 e. The van der Waals surface area contributed by atoms with Crippen LogP contribution < -0.4 is 4.90 Å². The van der Waals surface area contributed by atoms with E-state index >= 15 is 0 Å². The fraction of sp³-hybridized carbons (Fsp3) is 0.278. The van der Waals surface area contributed by atoms with Gasteiger partial charge in [-0.15, -0.1) is 0 Å². The number of halogens is 1. The normalized spacial score (nSPS) is 15.5. The van der Waals surface area contributed by atoms with Gasteiger partial charge in [0, 0.05) is 44.1 Å². The Morgan fingerprint density at radius 1 is 1.04 bits per heavy atom. The maximum atomic E-state index is 6.29. The zero-order valence-electron chi connectivity index (χ0n) is 13.7. The number of hydrogen-bond acceptors (Lipinski definition) is 6. The Morgan fingerprint density at radius 2 is 1.88 bits per heavy atom. The van der Waals surface area contributed by atoms with Crippen molar-refractivity contribution in [1.29, 1.82) is 0 Å². The van der Waals surface area contributed by atoms with E-state index in [1.165, 1.54) is 0 Å². The summed E-state index contributed by atoms with van der Waals surface area (Å²) in [4.78, 5) is 13.2. The van der Waals surface area contributed by atoms with Crippen molar-refractivity contribution in [2.75, 3.05) is 31.1 Å². The van der Waals surface area contributed by atoms with Gasteiger partial charge in [-0.2, -0.15) is 4.98 Å². The number of para-hydroxylation sites is 1. The number of piperazine rings is 1. The lowest BCUT2D eigenvalue weighted by atomic mass is 10.2. The summed E-state index contributed by atoms with van der Waals surface area (Å²) in [5.41, 5.74) is 1.96. The van der Waals surface area contributed by atoms with Gasteiger partial charge in [-0.3, -0.25) is 9.88 Å². The van der Waals surface area contributed by atoms with Crippen molar-refractivity contribution in [3.63, 3.8) is 0 Å². The molecule has 0 saturated carbocycles. The van der Waals surface area contributed by atoms with Crippen molar-refractivity contribution < 1.29 is 4.52 Å². The van der Waals surface area contributed by atoms with Crippen molar-refractivity contribution >= 4 is 17.3 Å². The molecule has 1 aliphatic heterocycles. The van der Waals surface area contributed by atoms with Crippen LogP contribution in [-0.4, -0.2) is 46.2 Å². The summed E-state index contributed by atoms with van der Waals surface area (Å²) in [5.74, 6) is 1.21. The van der Waals surface area contributed by atoms with Gasteiger partial charge in [0.25, 0.3) is 0 Å². The molecule has 1 aromatic carbocycles. The van der Waals surface area contributed by atoms with Crippen molar-refractivity contribution in [1.82, 2.24) is 20.0 Å². The number of benzene rings is 1. The van der Waals surface area contributed by atoms with Crippen LogP contribution in [0.5, 0.6) is 0 Å². The highest BCUT2D eigenvalue weighted by Gasteiger charge is 2.20. The summed E-state index contributed by atoms with van der Waals surface area (Å²) in [6.45, 7) is 4.36. The average Bonchev–Trinajstić information content (AvgIpc) is 3.12. The minimum absolute atomic E-state index is 0.581. The SMILES string of the molecule is Clc1ccccc1N1CCN(Cc2nc(-c3cccnc3)no2)CC1. The zero-order chi connectivity index (χ0) is 17.1. The molecule has 128 valence electrons. The Hall–Kier alpha value is -2.44. The molecule has 0 amide bonds. The first-order valence-electron chi connectivity index (χ1n) is 8.24. The maximum absolute atomic E-state index is 6.29. The molecule has 0 aliphatic carbocycles. The molecule has 0 spiro atoms. The van der Waals surface area contributed by atoms with Gasteiger partial charge in [0.05, 0.1) is 17.3 Å². The predicted octanol–water partition coefficient (Wildman–Crippen LogP) is 3.11. The molecule has 1 fully saturated rings. The highest BCUT2D eigenvalue weighted by atomic mass is 35.5. The monoisotopic (exact) mass is 355 g/mol. The molecule has 0 unspecified atom stereocenters. The van der Waals surface area contributed by atoms with E-state index in [-0.39, 0.29) is 0 Å². The lowest BCUT2D eigenvalue weighted by Crippen LogP contribution is -2.46. The molecule has 7 heteroatoms. The van der Waals surface area contributed by atoms with Crippen LogP contribution in [0.15, 0.2) is 53.3 Å². The van der Waals surface area contributed by atoms with Crippen LogP contribution in [0.2, 0.25) is 5.02 Å². The Morgan fingerprint density at radius 3 is 2.64 bits per heavy atom. The van der Waals surface area contributed by atoms with Crippen molar-refractivity contribution in [3.8, 4) is 11.4 Å². The van der Waals surface area contributed by atoms with Crippen LogP contribution >= 0.6 is 11.6 Å². The van der Waals surface area contributed by atoms with Crippen LogP contribution in [0, 0.1) is 0 Å². The lowest BCUT2D eigenvalue weighted by molar-refractivity contribution is 0.215. The predicted molar refractivity (Wildman–Crippen MR) is 96.5 cm³/mol. The maximum Gasteiger partial charge on any atom is 0.241 e. The fourth-order valence-electron chi connectivity index (χ4n) is 2.98. The van der Waals surface area contributed by atoms with Gasteiger partial charge in [0.15, 0.2) is 0 Å². The summed E-state index contributed by atoms with van der Waals surface area (Å²) in [6, 6.07) is 11.8. The summed E-state index contributed by atoms with van der Waals surface area (Å²) >= 11 is 6.29. The van der Waals surface area contributed by atoms with E-state index in [2.05, 4.69) is 31.0 Å². The van der Waals surface area contributed by atoms with Crippen molar-refractivity contribution in [2.24, 2.45) is 0 Å². The first-order valence-corrected chi connectivity index (χ1v) is 8.62. The van der Waals surface area contributed by atoms with Crippen molar-refractivity contribution in [2.45, 2.75) is 6.54 Å². The Bertz CT molecular complexity index is 830. The molecule has 0 N–H and O–H groups in total. The van der Waals surface area contributed by atoms with Gasteiger partial charge in [-0.05, 0) is 24.3 Å². The van der Waals surface area contributed by atoms with Crippen LogP contribution in [0.3, 0.4) is 0 Å². The molecule has 0 radical (unpaired) electrons. The molecular weight excluding hydrogens is 338 g/mol. The van der Waals surface area contributed by atoms with Crippen LogP contribution in [0.25, 0.3) is 11.4 Å². The first-order chi connectivity index (χ1) is 12.3.